The summed E-state index contributed by atoms with van der Waals surface area (Å²) in [7, 11) is 0. The normalized spacial score (nSPS) is 10.9. The largest absolute Gasteiger partial charge is 0.493 e. The number of amides is 1. The van der Waals surface area contributed by atoms with Gasteiger partial charge < -0.3 is 10.1 Å². The van der Waals surface area contributed by atoms with E-state index in [1.54, 1.807) is 6.08 Å². The van der Waals surface area contributed by atoms with Gasteiger partial charge in [0, 0.05) is 17.8 Å². The Balaban J connectivity index is 1.68. The van der Waals surface area contributed by atoms with Crippen LogP contribution in [0.3, 0.4) is 0 Å². The van der Waals surface area contributed by atoms with E-state index in [1.165, 1.54) is 17.3 Å². The van der Waals surface area contributed by atoms with Gasteiger partial charge in [-0.15, -0.1) is 16.8 Å². The Morgan fingerprint density at radius 2 is 1.91 bits per heavy atom. The molecule has 0 atom stereocenters. The van der Waals surface area contributed by atoms with Crippen LogP contribution in [0.15, 0.2) is 60.3 Å². The number of rotatable bonds is 10. The Hall–Kier alpha value is -3.06. The lowest BCUT2D eigenvalue weighted by atomic mass is 10.1. The maximum Gasteiger partial charge on any atom is 0.234 e. The van der Waals surface area contributed by atoms with Crippen LogP contribution in [0, 0.1) is 19.8 Å². The van der Waals surface area contributed by atoms with E-state index in [0.717, 1.165) is 28.4 Å². The van der Waals surface area contributed by atoms with Crippen molar-refractivity contribution in [2.75, 3.05) is 17.7 Å². The molecule has 168 valence electrons. The van der Waals surface area contributed by atoms with Gasteiger partial charge in [0.2, 0.25) is 5.91 Å². The summed E-state index contributed by atoms with van der Waals surface area (Å²) < 4.78 is 7.72. The molecule has 0 aliphatic carbocycles. The Morgan fingerprint density at radius 3 is 2.56 bits per heavy atom. The number of allylic oxidation sites excluding steroid dienone is 1. The fraction of sp³-hybridized carbons (Fsp3) is 0.320. The lowest BCUT2D eigenvalue weighted by Crippen LogP contribution is -2.14. The van der Waals surface area contributed by atoms with E-state index in [9.17, 15) is 4.79 Å². The number of hydrogen-bond donors (Lipinski definition) is 1. The van der Waals surface area contributed by atoms with Crippen molar-refractivity contribution in [3.8, 4) is 17.1 Å². The molecule has 7 heteroatoms. The molecule has 0 radical (unpaired) electrons. The molecule has 0 aliphatic heterocycles. The van der Waals surface area contributed by atoms with Gasteiger partial charge in [0.1, 0.15) is 5.75 Å². The second-order valence-corrected chi connectivity index (χ2v) is 9.01. The molecule has 0 bridgehead atoms. The van der Waals surface area contributed by atoms with Crippen LogP contribution < -0.4 is 10.1 Å². The Morgan fingerprint density at radius 1 is 1.16 bits per heavy atom. The fourth-order valence-corrected chi connectivity index (χ4v) is 3.76. The summed E-state index contributed by atoms with van der Waals surface area (Å²) in [4.78, 5) is 12.5. The van der Waals surface area contributed by atoms with Gasteiger partial charge in [-0.05, 0) is 67.3 Å². The van der Waals surface area contributed by atoms with Gasteiger partial charge in [-0.2, -0.15) is 0 Å². The van der Waals surface area contributed by atoms with E-state index < -0.39 is 0 Å². The molecular weight excluding hydrogens is 420 g/mol. The van der Waals surface area contributed by atoms with Gasteiger partial charge in [0.15, 0.2) is 11.0 Å². The molecule has 2 aromatic carbocycles. The third-order valence-corrected chi connectivity index (χ3v) is 5.81. The van der Waals surface area contributed by atoms with E-state index in [1.807, 2.05) is 60.9 Å². The molecule has 3 rings (SSSR count). The van der Waals surface area contributed by atoms with Crippen LogP contribution in [0.5, 0.6) is 5.75 Å². The average Bonchev–Trinajstić information content (AvgIpc) is 3.16. The number of anilines is 1. The topological polar surface area (TPSA) is 69.0 Å². The molecule has 3 aromatic rings. The first-order valence-electron chi connectivity index (χ1n) is 10.6. The smallest absolute Gasteiger partial charge is 0.234 e. The summed E-state index contributed by atoms with van der Waals surface area (Å²) in [5, 5.41) is 12.3. The molecule has 1 heterocycles. The van der Waals surface area contributed by atoms with Crippen LogP contribution in [0.4, 0.5) is 5.69 Å². The van der Waals surface area contributed by atoms with Gasteiger partial charge in [-0.1, -0.05) is 37.8 Å². The molecule has 1 N–H and O–H groups in total. The summed E-state index contributed by atoms with van der Waals surface area (Å²) in [6.07, 6.45) is 1.80. The molecule has 0 saturated heterocycles. The van der Waals surface area contributed by atoms with Crippen molar-refractivity contribution in [1.82, 2.24) is 14.8 Å². The molecule has 0 aliphatic rings. The van der Waals surface area contributed by atoms with E-state index >= 15 is 0 Å². The summed E-state index contributed by atoms with van der Waals surface area (Å²) in [6, 6.07) is 13.7. The summed E-state index contributed by atoms with van der Waals surface area (Å²) in [6.45, 7) is 13.4. The third kappa shape index (κ3) is 6.23. The molecule has 0 saturated carbocycles. The number of thioether (sulfide) groups is 1. The van der Waals surface area contributed by atoms with Gasteiger partial charge in [0.25, 0.3) is 0 Å². The number of ether oxygens (including phenoxy) is 1. The van der Waals surface area contributed by atoms with Crippen LogP contribution >= 0.6 is 11.8 Å². The molecule has 1 amide bonds. The molecule has 32 heavy (non-hydrogen) atoms. The highest BCUT2D eigenvalue weighted by Gasteiger charge is 2.15. The van der Waals surface area contributed by atoms with Crippen LogP contribution in [-0.4, -0.2) is 33.0 Å². The molecule has 6 nitrogen and oxygen atoms in total. The molecule has 0 unspecified atom stereocenters. The van der Waals surface area contributed by atoms with Crippen LogP contribution in [-0.2, 0) is 11.3 Å². The highest BCUT2D eigenvalue weighted by atomic mass is 32.2. The van der Waals surface area contributed by atoms with Crippen LogP contribution in [0.2, 0.25) is 0 Å². The van der Waals surface area contributed by atoms with E-state index in [4.69, 9.17) is 4.74 Å². The Bertz CT molecular complexity index is 1070. The first-order chi connectivity index (χ1) is 15.4. The maximum absolute atomic E-state index is 12.5. The lowest BCUT2D eigenvalue weighted by Gasteiger charge is -2.10. The van der Waals surface area contributed by atoms with E-state index in [-0.39, 0.29) is 11.7 Å². The van der Waals surface area contributed by atoms with Crippen molar-refractivity contribution in [2.24, 2.45) is 5.92 Å². The third-order valence-electron chi connectivity index (χ3n) is 4.85. The number of hydrogen-bond acceptors (Lipinski definition) is 5. The molecule has 0 fully saturated rings. The van der Waals surface area contributed by atoms with E-state index in [2.05, 4.69) is 35.9 Å². The number of nitrogens with one attached hydrogen (secondary N) is 1. The predicted octanol–water partition coefficient (Wildman–Crippen LogP) is 5.51. The maximum atomic E-state index is 12.5. The number of carbonyl (C=O) groups excluding carboxylic acids is 1. The van der Waals surface area contributed by atoms with E-state index in [0.29, 0.717) is 24.2 Å². The van der Waals surface area contributed by atoms with Crippen molar-refractivity contribution < 1.29 is 9.53 Å². The summed E-state index contributed by atoms with van der Waals surface area (Å²) in [5.74, 6) is 2.19. The van der Waals surface area contributed by atoms with Crippen molar-refractivity contribution >= 4 is 23.4 Å². The molecular formula is C25H30N4O2S. The van der Waals surface area contributed by atoms with Gasteiger partial charge in [-0.25, -0.2) is 0 Å². The summed E-state index contributed by atoms with van der Waals surface area (Å²) in [5.41, 5.74) is 4.07. The fourth-order valence-electron chi connectivity index (χ4n) is 3.01. The average molecular weight is 451 g/mol. The second-order valence-electron chi connectivity index (χ2n) is 8.07. The number of carbonyl (C=O) groups is 1. The predicted molar refractivity (Wildman–Crippen MR) is 131 cm³/mol. The lowest BCUT2D eigenvalue weighted by molar-refractivity contribution is -0.113. The number of aryl methyl sites for hydroxylation is 2. The zero-order valence-electron chi connectivity index (χ0n) is 19.1. The zero-order valence-corrected chi connectivity index (χ0v) is 19.9. The number of benzene rings is 2. The zero-order chi connectivity index (χ0) is 23.1. The number of aromatic nitrogens is 3. The Labute approximate surface area is 194 Å². The van der Waals surface area contributed by atoms with Crippen molar-refractivity contribution in [3.05, 3.63) is 66.2 Å². The summed E-state index contributed by atoms with van der Waals surface area (Å²) >= 11 is 1.36. The monoisotopic (exact) mass is 450 g/mol. The standard InChI is InChI=1S/C25H30N4O2S/c1-6-13-29-24(20-8-11-22(12-9-20)31-15-17(2)3)27-28-25(29)32-16-23(30)26-21-10-7-18(4)19(5)14-21/h6-12,14,17H,1,13,15-16H2,2-5H3,(H,26,30). The highest BCUT2D eigenvalue weighted by Crippen LogP contribution is 2.26. The molecule has 0 spiro atoms. The second kappa shape index (κ2) is 11.0. The minimum atomic E-state index is -0.0837. The van der Waals surface area contributed by atoms with Crippen molar-refractivity contribution in [2.45, 2.75) is 39.4 Å². The van der Waals surface area contributed by atoms with Gasteiger partial charge >= 0.3 is 0 Å². The first kappa shape index (κ1) is 23.6. The van der Waals surface area contributed by atoms with Gasteiger partial charge in [0.05, 0.1) is 12.4 Å². The van der Waals surface area contributed by atoms with Gasteiger partial charge in [-0.3, -0.25) is 9.36 Å². The van der Waals surface area contributed by atoms with Crippen molar-refractivity contribution in [3.63, 3.8) is 0 Å². The SMILES string of the molecule is C=CCn1c(SCC(=O)Nc2ccc(C)c(C)c2)nnc1-c1ccc(OCC(C)C)cc1. The first-order valence-corrected chi connectivity index (χ1v) is 11.6. The van der Waals surface area contributed by atoms with Crippen molar-refractivity contribution in [1.29, 1.82) is 0 Å². The van der Waals surface area contributed by atoms with Crippen LogP contribution in [0.1, 0.15) is 25.0 Å². The Kier molecular flexibility index (Phi) is 8.11. The minimum absolute atomic E-state index is 0.0837. The highest BCUT2D eigenvalue weighted by molar-refractivity contribution is 7.99. The minimum Gasteiger partial charge on any atom is -0.493 e. The molecule has 1 aromatic heterocycles. The number of nitrogens with zero attached hydrogens (tertiary/aromatic N) is 3. The quantitative estimate of drug-likeness (QED) is 0.326. The van der Waals surface area contributed by atoms with Crippen LogP contribution in [0.25, 0.3) is 11.4 Å².